The van der Waals surface area contributed by atoms with Crippen LogP contribution in [-0.2, 0) is 27.9 Å². The van der Waals surface area contributed by atoms with Crippen molar-refractivity contribution in [2.75, 3.05) is 30.2 Å². The quantitative estimate of drug-likeness (QED) is 0.666. The van der Waals surface area contributed by atoms with Gasteiger partial charge in [0, 0.05) is 13.1 Å². The minimum Gasteiger partial charge on any atom is -0.350 e. The number of likely N-dealkylation sites (tertiary alicyclic amines) is 1. The molecule has 30 heavy (non-hydrogen) atoms. The smallest absolute Gasteiger partial charge is 0.241 e. The number of sulfonamides is 1. The molecule has 0 unspecified atom stereocenters. The first-order valence-electron chi connectivity index (χ1n) is 9.72. The average molecular weight is 454 g/mol. The van der Waals surface area contributed by atoms with Crippen molar-refractivity contribution in [1.82, 2.24) is 10.2 Å². The largest absolute Gasteiger partial charge is 0.350 e. The van der Waals surface area contributed by atoms with Crippen LogP contribution >= 0.6 is 11.6 Å². The highest BCUT2D eigenvalue weighted by atomic mass is 35.5. The second-order valence-corrected chi connectivity index (χ2v) is 9.71. The van der Waals surface area contributed by atoms with Crippen LogP contribution in [0.5, 0.6) is 0 Å². The van der Waals surface area contributed by atoms with Crippen molar-refractivity contribution >= 4 is 33.2 Å². The van der Waals surface area contributed by atoms with Crippen molar-refractivity contribution in [3.63, 3.8) is 0 Å². The zero-order valence-electron chi connectivity index (χ0n) is 16.8. The third-order valence-corrected chi connectivity index (χ3v) is 6.50. The number of amides is 1. The van der Waals surface area contributed by atoms with E-state index in [2.05, 4.69) is 10.2 Å². The molecule has 0 bridgehead atoms. The summed E-state index contributed by atoms with van der Waals surface area (Å²) < 4.78 is 38.7. The van der Waals surface area contributed by atoms with E-state index in [9.17, 15) is 17.6 Å². The van der Waals surface area contributed by atoms with Gasteiger partial charge in [0.15, 0.2) is 0 Å². The van der Waals surface area contributed by atoms with Gasteiger partial charge in [0.1, 0.15) is 12.4 Å². The lowest BCUT2D eigenvalue weighted by atomic mass is 10.1. The molecule has 0 radical (unpaired) electrons. The molecule has 3 rings (SSSR count). The summed E-state index contributed by atoms with van der Waals surface area (Å²) in [5.74, 6) is -1.12. The van der Waals surface area contributed by atoms with E-state index < -0.39 is 28.3 Å². The second kappa shape index (κ2) is 9.76. The molecule has 1 saturated heterocycles. The molecule has 1 amide bonds. The Morgan fingerprint density at radius 3 is 2.47 bits per heavy atom. The number of nitrogens with zero attached hydrogens (tertiary/aromatic N) is 2. The van der Waals surface area contributed by atoms with Crippen molar-refractivity contribution in [3.05, 3.63) is 64.4 Å². The van der Waals surface area contributed by atoms with Crippen LogP contribution in [0.3, 0.4) is 0 Å². The summed E-state index contributed by atoms with van der Waals surface area (Å²) >= 11 is 5.77. The first-order valence-corrected chi connectivity index (χ1v) is 12.0. The summed E-state index contributed by atoms with van der Waals surface area (Å²) in [6.45, 7) is 2.85. The summed E-state index contributed by atoms with van der Waals surface area (Å²) in [7, 11) is -3.76. The van der Waals surface area contributed by atoms with Crippen molar-refractivity contribution < 1.29 is 17.6 Å². The van der Waals surface area contributed by atoms with Crippen LogP contribution in [0.15, 0.2) is 42.5 Å². The van der Waals surface area contributed by atoms with Gasteiger partial charge in [-0.1, -0.05) is 35.9 Å². The predicted octanol–water partition coefficient (Wildman–Crippen LogP) is 3.16. The first kappa shape index (κ1) is 22.5. The van der Waals surface area contributed by atoms with Gasteiger partial charge in [0.05, 0.1) is 17.0 Å². The Morgan fingerprint density at radius 2 is 1.83 bits per heavy atom. The summed E-state index contributed by atoms with van der Waals surface area (Å²) in [6, 6.07) is 11.4. The molecule has 1 N–H and O–H groups in total. The van der Waals surface area contributed by atoms with Crippen LogP contribution in [0, 0.1) is 5.82 Å². The number of hydrogen-bond donors (Lipinski definition) is 1. The van der Waals surface area contributed by atoms with Gasteiger partial charge >= 0.3 is 0 Å². The van der Waals surface area contributed by atoms with Crippen LogP contribution in [0.1, 0.15) is 24.0 Å². The van der Waals surface area contributed by atoms with E-state index in [1.54, 1.807) is 0 Å². The molecule has 1 fully saturated rings. The molecule has 0 atom stereocenters. The van der Waals surface area contributed by atoms with Gasteiger partial charge in [-0.05, 0) is 55.3 Å². The Balaban J connectivity index is 1.67. The van der Waals surface area contributed by atoms with E-state index >= 15 is 0 Å². The molecule has 0 spiro atoms. The maximum Gasteiger partial charge on any atom is 0.241 e. The van der Waals surface area contributed by atoms with E-state index in [0.29, 0.717) is 6.54 Å². The first-order chi connectivity index (χ1) is 14.2. The van der Waals surface area contributed by atoms with E-state index in [1.807, 2.05) is 24.3 Å². The number of benzene rings is 2. The van der Waals surface area contributed by atoms with E-state index in [-0.39, 0.29) is 10.7 Å². The lowest BCUT2D eigenvalue weighted by Crippen LogP contribution is -2.40. The summed E-state index contributed by atoms with van der Waals surface area (Å²) in [5.41, 5.74) is 2.27. The molecule has 1 aliphatic rings. The molecular formula is C21H25ClFN3O3S. The lowest BCUT2D eigenvalue weighted by Gasteiger charge is -2.22. The van der Waals surface area contributed by atoms with Gasteiger partial charge in [-0.25, -0.2) is 12.8 Å². The number of hydrogen-bond acceptors (Lipinski definition) is 4. The zero-order valence-corrected chi connectivity index (χ0v) is 18.3. The molecule has 2 aromatic rings. The van der Waals surface area contributed by atoms with Gasteiger partial charge < -0.3 is 5.32 Å². The van der Waals surface area contributed by atoms with Crippen LogP contribution in [-0.4, -0.2) is 45.1 Å². The second-order valence-electron chi connectivity index (χ2n) is 7.40. The van der Waals surface area contributed by atoms with Gasteiger partial charge in [0.25, 0.3) is 0 Å². The van der Waals surface area contributed by atoms with E-state index in [4.69, 9.17) is 11.6 Å². The Morgan fingerprint density at radius 1 is 1.17 bits per heavy atom. The molecule has 0 aromatic heterocycles. The molecule has 0 saturated carbocycles. The lowest BCUT2D eigenvalue weighted by molar-refractivity contribution is -0.119. The molecule has 1 aliphatic heterocycles. The standard InChI is InChI=1S/C21H25ClFN3O3S/c1-30(28,29)26(18-8-9-20(23)19(22)12-18)15-21(27)24-13-16-6-2-3-7-17(16)14-25-10-4-5-11-25/h2-3,6-9,12H,4-5,10-11,13-15H2,1H3,(H,24,27). The molecular weight excluding hydrogens is 429 g/mol. The van der Waals surface area contributed by atoms with Gasteiger partial charge in [-0.3, -0.25) is 14.0 Å². The van der Waals surface area contributed by atoms with Crippen molar-refractivity contribution in [2.45, 2.75) is 25.9 Å². The highest BCUT2D eigenvalue weighted by molar-refractivity contribution is 7.92. The average Bonchev–Trinajstić information content (AvgIpc) is 3.20. The van der Waals surface area contributed by atoms with Gasteiger partial charge in [-0.15, -0.1) is 0 Å². The minimum absolute atomic E-state index is 0.133. The fourth-order valence-electron chi connectivity index (χ4n) is 3.49. The van der Waals surface area contributed by atoms with Crippen molar-refractivity contribution in [3.8, 4) is 0 Å². The highest BCUT2D eigenvalue weighted by Gasteiger charge is 2.22. The van der Waals surface area contributed by atoms with Crippen LogP contribution < -0.4 is 9.62 Å². The minimum atomic E-state index is -3.76. The number of halogens is 2. The van der Waals surface area contributed by atoms with Gasteiger partial charge in [0.2, 0.25) is 15.9 Å². The third-order valence-electron chi connectivity index (χ3n) is 5.07. The monoisotopic (exact) mass is 453 g/mol. The maximum atomic E-state index is 13.4. The van der Waals surface area contributed by atoms with E-state index in [1.165, 1.54) is 25.0 Å². The van der Waals surface area contributed by atoms with Crippen molar-refractivity contribution in [2.24, 2.45) is 0 Å². The molecule has 6 nitrogen and oxygen atoms in total. The maximum absolute atomic E-state index is 13.4. The van der Waals surface area contributed by atoms with Gasteiger partial charge in [-0.2, -0.15) is 0 Å². The Labute approximate surface area is 181 Å². The number of carbonyl (C=O) groups excluding carboxylic acids is 1. The van der Waals surface area contributed by atoms with Crippen LogP contribution in [0.2, 0.25) is 5.02 Å². The Hall–Kier alpha value is -2.16. The molecule has 9 heteroatoms. The summed E-state index contributed by atoms with van der Waals surface area (Å²) in [4.78, 5) is 14.9. The number of nitrogens with one attached hydrogen (secondary N) is 1. The number of carbonyl (C=O) groups is 1. The fraction of sp³-hybridized carbons (Fsp3) is 0.381. The number of rotatable bonds is 8. The Bertz CT molecular complexity index is 1010. The molecule has 162 valence electrons. The fourth-order valence-corrected chi connectivity index (χ4v) is 4.51. The number of anilines is 1. The SMILES string of the molecule is CS(=O)(=O)N(CC(=O)NCc1ccccc1CN1CCCC1)c1ccc(F)c(Cl)c1. The summed E-state index contributed by atoms with van der Waals surface area (Å²) in [5, 5.41) is 2.58. The molecule has 0 aliphatic carbocycles. The molecule has 2 aromatic carbocycles. The van der Waals surface area contributed by atoms with Crippen molar-refractivity contribution in [1.29, 1.82) is 0 Å². The summed E-state index contributed by atoms with van der Waals surface area (Å²) in [6.07, 6.45) is 3.39. The zero-order chi connectivity index (χ0) is 21.7. The van der Waals surface area contributed by atoms with Crippen LogP contribution in [0.25, 0.3) is 0 Å². The predicted molar refractivity (Wildman–Crippen MR) is 116 cm³/mol. The van der Waals surface area contributed by atoms with E-state index in [0.717, 1.165) is 47.4 Å². The third kappa shape index (κ3) is 5.93. The van der Waals surface area contributed by atoms with Crippen LogP contribution in [0.4, 0.5) is 10.1 Å². The molecule has 1 heterocycles. The highest BCUT2D eigenvalue weighted by Crippen LogP contribution is 2.24. The Kier molecular flexibility index (Phi) is 7.33. The normalized spacial score (nSPS) is 14.6. The topological polar surface area (TPSA) is 69.7 Å².